The van der Waals surface area contributed by atoms with E-state index in [0.717, 1.165) is 46.3 Å². The van der Waals surface area contributed by atoms with Crippen molar-refractivity contribution in [2.24, 2.45) is 0 Å². The summed E-state index contributed by atoms with van der Waals surface area (Å²) in [7, 11) is 1.73. The van der Waals surface area contributed by atoms with Gasteiger partial charge >= 0.3 is 0 Å². The molecule has 0 aromatic heterocycles. The zero-order valence-corrected chi connectivity index (χ0v) is 23.4. The third-order valence-electron chi connectivity index (χ3n) is 6.48. The second-order valence-corrected chi connectivity index (χ2v) is 11.0. The largest absolute Gasteiger partial charge is 0.507 e. The van der Waals surface area contributed by atoms with Gasteiger partial charge in [0.15, 0.2) is 0 Å². The third-order valence-corrected chi connectivity index (χ3v) is 7.96. The van der Waals surface area contributed by atoms with Gasteiger partial charge in [-0.1, -0.05) is 20.8 Å². The first-order chi connectivity index (χ1) is 15.3. The molecule has 0 bridgehead atoms. The first-order valence-electron chi connectivity index (χ1n) is 11.6. The number of hydrogen-bond acceptors (Lipinski definition) is 4. The fourth-order valence-electron chi connectivity index (χ4n) is 4.76. The zero-order chi connectivity index (χ0) is 23.3. The molecule has 0 spiro atoms. The molecular formula is C26H36BrIN2O2. The highest BCUT2D eigenvalue weighted by atomic mass is 127. The smallest absolute Gasteiger partial charge is 0.133 e. The number of rotatable bonds is 3. The number of benzene rings is 2. The third kappa shape index (κ3) is 6.39. The van der Waals surface area contributed by atoms with Crippen LogP contribution in [0.5, 0.6) is 11.5 Å². The molecule has 2 aliphatic heterocycles. The van der Waals surface area contributed by atoms with Crippen LogP contribution < -0.4 is 10.1 Å². The van der Waals surface area contributed by atoms with Gasteiger partial charge in [-0.25, -0.2) is 0 Å². The predicted molar refractivity (Wildman–Crippen MR) is 145 cm³/mol. The Bertz CT molecular complexity index is 921. The maximum Gasteiger partial charge on any atom is 0.133 e. The summed E-state index contributed by atoms with van der Waals surface area (Å²) >= 11 is 5.78. The maximum absolute atomic E-state index is 9.63. The molecule has 6 heteroatoms. The zero-order valence-electron chi connectivity index (χ0n) is 19.7. The Kier molecular flexibility index (Phi) is 9.70. The molecule has 2 aromatic rings. The van der Waals surface area contributed by atoms with E-state index < -0.39 is 0 Å². The highest BCUT2D eigenvalue weighted by Gasteiger charge is 2.21. The normalized spacial score (nSPS) is 20.8. The summed E-state index contributed by atoms with van der Waals surface area (Å²) in [6.07, 6.45) is 3.38. The van der Waals surface area contributed by atoms with Crippen molar-refractivity contribution in [3.63, 3.8) is 0 Å². The van der Waals surface area contributed by atoms with Crippen LogP contribution in [-0.4, -0.2) is 49.8 Å². The van der Waals surface area contributed by atoms with Crippen molar-refractivity contribution in [3.05, 3.63) is 54.6 Å². The van der Waals surface area contributed by atoms with E-state index in [1.807, 2.05) is 6.07 Å². The molecule has 0 radical (unpaired) electrons. The highest BCUT2D eigenvalue weighted by Crippen LogP contribution is 2.34. The van der Waals surface area contributed by atoms with Crippen LogP contribution in [0.1, 0.15) is 61.3 Å². The van der Waals surface area contributed by atoms with Crippen LogP contribution in [0, 0.1) is 3.57 Å². The topological polar surface area (TPSA) is 44.7 Å². The molecule has 0 saturated heterocycles. The Morgan fingerprint density at radius 1 is 1.12 bits per heavy atom. The molecule has 0 amide bonds. The summed E-state index contributed by atoms with van der Waals surface area (Å²) in [5.41, 5.74) is 5.60. The molecular weight excluding hydrogens is 579 g/mol. The predicted octanol–water partition coefficient (Wildman–Crippen LogP) is 6.08. The Morgan fingerprint density at radius 3 is 2.56 bits per heavy atom. The van der Waals surface area contributed by atoms with Gasteiger partial charge in [0.2, 0.25) is 0 Å². The molecule has 2 unspecified atom stereocenters. The molecule has 2 heterocycles. The number of halogens is 2. The molecule has 176 valence electrons. The molecule has 0 saturated carbocycles. The van der Waals surface area contributed by atoms with Gasteiger partial charge in [0.05, 0.1) is 15.2 Å². The molecule has 4 nitrogen and oxygen atoms in total. The van der Waals surface area contributed by atoms with E-state index in [1.165, 1.54) is 41.8 Å². The van der Waals surface area contributed by atoms with Crippen LogP contribution in [0.4, 0.5) is 0 Å². The molecule has 2 aromatic carbocycles. The van der Waals surface area contributed by atoms with Gasteiger partial charge in [-0.3, -0.25) is 0 Å². The monoisotopic (exact) mass is 614 g/mol. The number of methoxy groups -OCH3 is 1. The molecule has 2 aliphatic rings. The first kappa shape index (κ1) is 25.8. The lowest BCUT2D eigenvalue weighted by Crippen LogP contribution is -2.28. The van der Waals surface area contributed by atoms with E-state index in [2.05, 4.69) is 87.7 Å². The van der Waals surface area contributed by atoms with Crippen LogP contribution >= 0.6 is 38.5 Å². The lowest BCUT2D eigenvalue weighted by atomic mass is 9.95. The van der Waals surface area contributed by atoms with E-state index in [1.54, 1.807) is 7.11 Å². The maximum atomic E-state index is 9.63. The van der Waals surface area contributed by atoms with Gasteiger partial charge in [-0.2, -0.15) is 0 Å². The van der Waals surface area contributed by atoms with Gasteiger partial charge in [0, 0.05) is 19.6 Å². The number of ether oxygens (including phenoxy) is 1. The number of nitrogens with zero attached hydrogens (tertiary/aromatic N) is 1. The van der Waals surface area contributed by atoms with Crippen LogP contribution in [0.15, 0.2) is 28.7 Å². The summed E-state index contributed by atoms with van der Waals surface area (Å²) in [4.78, 5) is 2.57. The molecule has 2 atom stereocenters. The van der Waals surface area contributed by atoms with Gasteiger partial charge in [0.25, 0.3) is 0 Å². The number of phenols is 1. The molecule has 0 aliphatic carbocycles. The van der Waals surface area contributed by atoms with Crippen molar-refractivity contribution in [1.29, 1.82) is 0 Å². The van der Waals surface area contributed by atoms with Gasteiger partial charge < -0.3 is 20.1 Å². The molecule has 32 heavy (non-hydrogen) atoms. The van der Waals surface area contributed by atoms with Crippen LogP contribution in [0.25, 0.3) is 0 Å². The van der Waals surface area contributed by atoms with E-state index in [0.29, 0.717) is 17.6 Å². The quantitative estimate of drug-likeness (QED) is 0.412. The number of fused-ring (bicyclic) bond motifs is 2. The fraction of sp³-hybridized carbons (Fsp3) is 0.538. The van der Waals surface area contributed by atoms with Gasteiger partial charge in [-0.05, 0) is 129 Å². The minimum Gasteiger partial charge on any atom is -0.507 e. The van der Waals surface area contributed by atoms with E-state index in [9.17, 15) is 5.11 Å². The van der Waals surface area contributed by atoms with Crippen molar-refractivity contribution >= 4 is 38.5 Å². The van der Waals surface area contributed by atoms with Gasteiger partial charge in [0.1, 0.15) is 11.5 Å². The number of aromatic hydroxyl groups is 1. The van der Waals surface area contributed by atoms with Gasteiger partial charge in [-0.15, -0.1) is 0 Å². The second-order valence-electron chi connectivity index (χ2n) is 8.99. The van der Waals surface area contributed by atoms with Crippen molar-refractivity contribution in [1.82, 2.24) is 10.2 Å². The Morgan fingerprint density at radius 2 is 1.84 bits per heavy atom. The molecule has 4 rings (SSSR count). The van der Waals surface area contributed by atoms with E-state index in [4.69, 9.17) is 4.74 Å². The summed E-state index contributed by atoms with van der Waals surface area (Å²) in [5.74, 6) is 2.50. The second kappa shape index (κ2) is 12.0. The molecule has 2 N–H and O–H groups in total. The SMILES string of the molecule is CC1CNCCc2cc(O)c(I)cc21.CCCN1CCc2cc(OC)c(Br)cc2C(C)C1. The van der Waals surface area contributed by atoms with Crippen molar-refractivity contribution in [3.8, 4) is 11.5 Å². The summed E-state index contributed by atoms with van der Waals surface area (Å²) in [6.45, 7) is 12.4. The summed E-state index contributed by atoms with van der Waals surface area (Å²) in [6, 6.07) is 8.48. The van der Waals surface area contributed by atoms with Crippen LogP contribution in [0.2, 0.25) is 0 Å². The van der Waals surface area contributed by atoms with Crippen LogP contribution in [-0.2, 0) is 12.8 Å². The average molecular weight is 615 g/mol. The molecule has 0 fully saturated rings. The van der Waals surface area contributed by atoms with Crippen molar-refractivity contribution in [2.45, 2.75) is 51.9 Å². The Balaban J connectivity index is 0.000000186. The Labute approximate surface area is 215 Å². The standard InChI is InChI=1S/C15H22BrNO.C11H14INO/c1-4-6-17-7-5-12-8-15(18-3)14(16)9-13(12)11(2)10-17;1-7-6-13-3-2-8-4-11(14)10(12)5-9(7)8/h8-9,11H,4-7,10H2,1-3H3;4-5,7,13-14H,2-3,6H2,1H3. The minimum atomic E-state index is 0.415. The van der Waals surface area contributed by atoms with E-state index >= 15 is 0 Å². The number of nitrogens with one attached hydrogen (secondary N) is 1. The number of hydrogen-bond donors (Lipinski definition) is 2. The fourth-order valence-corrected chi connectivity index (χ4v) is 5.78. The lowest BCUT2D eigenvalue weighted by Gasteiger charge is -2.21. The number of phenolic OH excluding ortho intramolecular Hbond substituents is 1. The van der Waals surface area contributed by atoms with Crippen LogP contribution in [0.3, 0.4) is 0 Å². The minimum absolute atomic E-state index is 0.415. The van der Waals surface area contributed by atoms with Crippen molar-refractivity contribution in [2.75, 3.05) is 39.8 Å². The first-order valence-corrected chi connectivity index (χ1v) is 13.5. The Hall–Kier alpha value is -0.830. The lowest BCUT2D eigenvalue weighted by molar-refractivity contribution is 0.273. The van der Waals surface area contributed by atoms with E-state index in [-0.39, 0.29) is 0 Å². The summed E-state index contributed by atoms with van der Waals surface area (Å²) in [5, 5.41) is 13.0. The summed E-state index contributed by atoms with van der Waals surface area (Å²) < 4.78 is 7.42. The highest BCUT2D eigenvalue weighted by molar-refractivity contribution is 14.1. The van der Waals surface area contributed by atoms with Crippen molar-refractivity contribution < 1.29 is 9.84 Å². The average Bonchev–Trinajstić information content (AvgIpc) is 3.03.